The lowest BCUT2D eigenvalue weighted by Gasteiger charge is -2.15. The Morgan fingerprint density at radius 1 is 1.07 bits per heavy atom. The van der Waals surface area contributed by atoms with Crippen LogP contribution in [0.5, 0.6) is 0 Å². The van der Waals surface area contributed by atoms with Crippen molar-refractivity contribution in [3.63, 3.8) is 0 Å². The van der Waals surface area contributed by atoms with Gasteiger partial charge in [0.05, 0.1) is 16.3 Å². The van der Waals surface area contributed by atoms with E-state index in [1.807, 2.05) is 24.3 Å². The summed E-state index contributed by atoms with van der Waals surface area (Å²) in [4.78, 5) is 24.1. The van der Waals surface area contributed by atoms with Crippen LogP contribution in [0.4, 0.5) is 18.9 Å². The van der Waals surface area contributed by atoms with E-state index in [4.69, 9.17) is 16.3 Å². The quantitative estimate of drug-likeness (QED) is 0.439. The molecule has 0 fully saturated rings. The number of rotatable bonds is 6. The van der Waals surface area contributed by atoms with Gasteiger partial charge in [0.15, 0.2) is 6.10 Å². The van der Waals surface area contributed by atoms with Gasteiger partial charge in [-0.05, 0) is 48.2 Å². The number of hydrogen-bond donors (Lipinski definition) is 1. The number of amides is 1. The minimum Gasteiger partial charge on any atom is -0.449 e. The first-order valence-electron chi connectivity index (χ1n) is 9.13. The largest absolute Gasteiger partial charge is 0.449 e. The average molecular weight is 440 g/mol. The molecule has 2 rings (SSSR count). The number of halogens is 4. The topological polar surface area (TPSA) is 55.4 Å². The number of anilines is 1. The van der Waals surface area contributed by atoms with E-state index in [0.717, 1.165) is 29.3 Å². The van der Waals surface area contributed by atoms with Gasteiger partial charge in [-0.3, -0.25) is 4.79 Å². The van der Waals surface area contributed by atoms with Crippen molar-refractivity contribution in [3.8, 4) is 0 Å². The number of carbonyl (C=O) groups excluding carboxylic acids is 2. The van der Waals surface area contributed by atoms with Crippen LogP contribution in [0, 0.1) is 0 Å². The Bertz CT molecular complexity index is 938. The number of ether oxygens (including phenoxy) is 1. The molecule has 4 nitrogen and oxygen atoms in total. The Kier molecular flexibility index (Phi) is 7.67. The van der Waals surface area contributed by atoms with Gasteiger partial charge in [-0.1, -0.05) is 49.7 Å². The third kappa shape index (κ3) is 6.62. The van der Waals surface area contributed by atoms with Crippen LogP contribution in [0.15, 0.2) is 48.5 Å². The lowest BCUT2D eigenvalue weighted by Crippen LogP contribution is -2.29. The molecule has 2 aromatic rings. The van der Waals surface area contributed by atoms with E-state index in [1.54, 1.807) is 6.08 Å². The second-order valence-corrected chi connectivity index (χ2v) is 7.32. The maximum atomic E-state index is 12.8. The van der Waals surface area contributed by atoms with E-state index >= 15 is 0 Å². The number of carbonyl (C=O) groups is 2. The SMILES string of the molecule is CC(OC(=O)C=Cc1ccc(C(C)C)cc1)C(=O)Nc1cc(C(F)(F)F)ccc1Cl. The summed E-state index contributed by atoms with van der Waals surface area (Å²) in [5.41, 5.74) is 0.760. The van der Waals surface area contributed by atoms with E-state index in [2.05, 4.69) is 19.2 Å². The molecule has 0 aliphatic heterocycles. The van der Waals surface area contributed by atoms with Crippen molar-refractivity contribution >= 4 is 35.2 Å². The molecule has 0 aliphatic rings. The Hall–Kier alpha value is -2.80. The Morgan fingerprint density at radius 3 is 2.27 bits per heavy atom. The second-order valence-electron chi connectivity index (χ2n) is 6.92. The molecule has 30 heavy (non-hydrogen) atoms. The van der Waals surface area contributed by atoms with Gasteiger partial charge in [0, 0.05) is 6.08 Å². The Labute approximate surface area is 177 Å². The van der Waals surface area contributed by atoms with Gasteiger partial charge >= 0.3 is 12.1 Å². The van der Waals surface area contributed by atoms with E-state index in [1.165, 1.54) is 13.0 Å². The van der Waals surface area contributed by atoms with Crippen LogP contribution in [0.3, 0.4) is 0 Å². The van der Waals surface area contributed by atoms with Gasteiger partial charge in [0.1, 0.15) is 0 Å². The standard InChI is InChI=1S/C22H21ClF3NO3/c1-13(2)16-7-4-15(5-8-16)6-11-20(28)30-14(3)21(29)27-19-12-17(22(24,25)26)9-10-18(19)23/h4-14H,1-3H3,(H,27,29). The highest BCUT2D eigenvalue weighted by Gasteiger charge is 2.31. The molecule has 0 saturated carbocycles. The van der Waals surface area contributed by atoms with Crippen molar-refractivity contribution in [1.82, 2.24) is 0 Å². The molecule has 1 N–H and O–H groups in total. The van der Waals surface area contributed by atoms with E-state index in [9.17, 15) is 22.8 Å². The lowest BCUT2D eigenvalue weighted by atomic mass is 10.0. The summed E-state index contributed by atoms with van der Waals surface area (Å²) in [5, 5.41) is 2.18. The summed E-state index contributed by atoms with van der Waals surface area (Å²) in [6.45, 7) is 5.45. The van der Waals surface area contributed by atoms with Crippen molar-refractivity contribution in [2.45, 2.75) is 39.0 Å². The Morgan fingerprint density at radius 2 is 1.70 bits per heavy atom. The molecule has 0 radical (unpaired) electrons. The maximum absolute atomic E-state index is 12.8. The van der Waals surface area contributed by atoms with Crippen LogP contribution in [0.2, 0.25) is 5.02 Å². The summed E-state index contributed by atoms with van der Waals surface area (Å²) in [6.07, 6.45) is -3.11. The molecular weight excluding hydrogens is 419 g/mol. The molecule has 160 valence electrons. The molecule has 0 heterocycles. The lowest BCUT2D eigenvalue weighted by molar-refractivity contribution is -0.148. The molecule has 0 saturated heterocycles. The first kappa shape index (κ1) is 23.5. The first-order chi connectivity index (χ1) is 14.0. The molecule has 8 heteroatoms. The first-order valence-corrected chi connectivity index (χ1v) is 9.51. The molecule has 2 aromatic carbocycles. The summed E-state index contributed by atoms with van der Waals surface area (Å²) < 4.78 is 43.5. The highest BCUT2D eigenvalue weighted by Crippen LogP contribution is 2.33. The number of hydrogen-bond acceptors (Lipinski definition) is 3. The van der Waals surface area contributed by atoms with E-state index < -0.39 is 29.7 Å². The summed E-state index contributed by atoms with van der Waals surface area (Å²) in [5.74, 6) is -1.18. The molecule has 1 unspecified atom stereocenters. The molecule has 0 bridgehead atoms. The highest BCUT2D eigenvalue weighted by molar-refractivity contribution is 6.33. The van der Waals surface area contributed by atoms with Crippen LogP contribution in [0.1, 0.15) is 43.4 Å². The normalized spacial score (nSPS) is 12.8. The zero-order valence-corrected chi connectivity index (χ0v) is 17.3. The fraction of sp³-hybridized carbons (Fsp3) is 0.273. The van der Waals surface area contributed by atoms with Crippen molar-refractivity contribution in [3.05, 3.63) is 70.3 Å². The number of benzene rings is 2. The van der Waals surface area contributed by atoms with E-state index in [-0.39, 0.29) is 10.7 Å². The fourth-order valence-electron chi connectivity index (χ4n) is 2.46. The molecule has 1 amide bonds. The molecular formula is C22H21ClF3NO3. The number of alkyl halides is 3. The van der Waals surface area contributed by atoms with E-state index in [0.29, 0.717) is 5.92 Å². The van der Waals surface area contributed by atoms with Crippen molar-refractivity contribution in [2.75, 3.05) is 5.32 Å². The molecule has 0 aliphatic carbocycles. The van der Waals surface area contributed by atoms with Crippen LogP contribution in [-0.2, 0) is 20.5 Å². The van der Waals surface area contributed by atoms with Gasteiger partial charge in [-0.2, -0.15) is 13.2 Å². The van der Waals surface area contributed by atoms with Gasteiger partial charge in [-0.25, -0.2) is 4.79 Å². The Balaban J connectivity index is 1.97. The fourth-order valence-corrected chi connectivity index (χ4v) is 2.62. The molecule has 1 atom stereocenters. The minimum absolute atomic E-state index is 0.0698. The second kappa shape index (κ2) is 9.80. The summed E-state index contributed by atoms with van der Waals surface area (Å²) in [7, 11) is 0. The summed E-state index contributed by atoms with van der Waals surface area (Å²) in [6, 6.07) is 10.2. The van der Waals surface area contributed by atoms with Crippen LogP contribution in [0.25, 0.3) is 6.08 Å². The van der Waals surface area contributed by atoms with Crippen LogP contribution >= 0.6 is 11.6 Å². The average Bonchev–Trinajstić information content (AvgIpc) is 2.67. The zero-order valence-electron chi connectivity index (χ0n) is 16.6. The minimum atomic E-state index is -4.58. The van der Waals surface area contributed by atoms with Crippen molar-refractivity contribution in [1.29, 1.82) is 0 Å². The third-order valence-electron chi connectivity index (χ3n) is 4.23. The monoisotopic (exact) mass is 439 g/mol. The number of esters is 1. The van der Waals surface area contributed by atoms with Crippen molar-refractivity contribution in [2.24, 2.45) is 0 Å². The highest BCUT2D eigenvalue weighted by atomic mass is 35.5. The van der Waals surface area contributed by atoms with Crippen molar-refractivity contribution < 1.29 is 27.5 Å². The predicted octanol–water partition coefficient (Wildman–Crippen LogP) is 6.07. The molecule has 0 aromatic heterocycles. The number of nitrogens with one attached hydrogen (secondary N) is 1. The summed E-state index contributed by atoms with van der Waals surface area (Å²) >= 11 is 5.85. The van der Waals surface area contributed by atoms with Gasteiger partial charge in [0.25, 0.3) is 5.91 Å². The van der Waals surface area contributed by atoms with Crippen LogP contribution in [-0.4, -0.2) is 18.0 Å². The van der Waals surface area contributed by atoms with Gasteiger partial charge < -0.3 is 10.1 Å². The van der Waals surface area contributed by atoms with Crippen LogP contribution < -0.4 is 5.32 Å². The molecule has 0 spiro atoms. The predicted molar refractivity (Wildman–Crippen MR) is 110 cm³/mol. The smallest absolute Gasteiger partial charge is 0.416 e. The van der Waals surface area contributed by atoms with Gasteiger partial charge in [0.2, 0.25) is 0 Å². The maximum Gasteiger partial charge on any atom is 0.416 e. The van der Waals surface area contributed by atoms with Gasteiger partial charge in [-0.15, -0.1) is 0 Å². The zero-order chi connectivity index (χ0) is 22.5. The third-order valence-corrected chi connectivity index (χ3v) is 4.56.